The van der Waals surface area contributed by atoms with Gasteiger partial charge in [-0.25, -0.2) is 4.39 Å². The van der Waals surface area contributed by atoms with E-state index in [-0.39, 0.29) is 11.7 Å². The van der Waals surface area contributed by atoms with Crippen LogP contribution in [0.5, 0.6) is 0 Å². The molecule has 1 saturated heterocycles. The second-order valence-corrected chi connectivity index (χ2v) is 6.86. The molecule has 5 heteroatoms. The van der Waals surface area contributed by atoms with Crippen LogP contribution in [0, 0.1) is 5.82 Å². The lowest BCUT2D eigenvalue weighted by molar-refractivity contribution is 0.0725. The first kappa shape index (κ1) is 17.5. The van der Waals surface area contributed by atoms with Crippen molar-refractivity contribution in [2.75, 3.05) is 18.4 Å². The van der Waals surface area contributed by atoms with Gasteiger partial charge in [0.1, 0.15) is 5.82 Å². The number of nitrogens with one attached hydrogen (secondary N) is 1. The number of hydrogen-bond acceptors (Lipinski definition) is 3. The Morgan fingerprint density at radius 3 is 2.59 bits per heavy atom. The Labute approximate surface area is 158 Å². The van der Waals surface area contributed by atoms with Gasteiger partial charge in [-0.15, -0.1) is 0 Å². The highest BCUT2D eigenvalue weighted by atomic mass is 19.1. The topological polar surface area (TPSA) is 45.2 Å². The van der Waals surface area contributed by atoms with Crippen LogP contribution < -0.4 is 5.32 Å². The highest BCUT2D eigenvalue weighted by Gasteiger charge is 2.22. The molecule has 1 aromatic heterocycles. The summed E-state index contributed by atoms with van der Waals surface area (Å²) < 4.78 is 14.0. The number of carbonyl (C=O) groups is 1. The SMILES string of the molecule is O=C(c1cnc2ccccc2c1NCc1ccccc1F)N1CCCCC1. The summed E-state index contributed by atoms with van der Waals surface area (Å²) in [4.78, 5) is 19.5. The number of pyridine rings is 1. The zero-order valence-electron chi connectivity index (χ0n) is 15.1. The number of aromatic nitrogens is 1. The lowest BCUT2D eigenvalue weighted by Gasteiger charge is -2.27. The number of halogens is 1. The standard InChI is InChI=1S/C22H22FN3O/c23-19-10-4-2-8-16(19)14-25-21-17-9-3-5-11-20(17)24-15-18(21)22(27)26-12-6-1-7-13-26/h2-5,8-11,15H,1,6-7,12-14H2,(H,24,25). The summed E-state index contributed by atoms with van der Waals surface area (Å²) in [5, 5.41) is 4.18. The molecule has 138 valence electrons. The largest absolute Gasteiger partial charge is 0.380 e. The fourth-order valence-electron chi connectivity index (χ4n) is 3.59. The number of para-hydroxylation sites is 1. The maximum Gasteiger partial charge on any atom is 0.257 e. The van der Waals surface area contributed by atoms with Crippen molar-refractivity contribution in [3.63, 3.8) is 0 Å². The van der Waals surface area contributed by atoms with Gasteiger partial charge in [0.2, 0.25) is 0 Å². The summed E-state index contributed by atoms with van der Waals surface area (Å²) in [6, 6.07) is 14.4. The van der Waals surface area contributed by atoms with Crippen LogP contribution in [0.3, 0.4) is 0 Å². The quantitative estimate of drug-likeness (QED) is 0.736. The third-order valence-electron chi connectivity index (χ3n) is 5.06. The van der Waals surface area contributed by atoms with E-state index in [4.69, 9.17) is 0 Å². The Balaban J connectivity index is 1.71. The molecule has 1 N–H and O–H groups in total. The Hall–Kier alpha value is -2.95. The molecule has 0 bridgehead atoms. The van der Waals surface area contributed by atoms with E-state index in [1.165, 1.54) is 6.07 Å². The molecule has 0 spiro atoms. The van der Waals surface area contributed by atoms with Gasteiger partial charge in [-0.3, -0.25) is 9.78 Å². The molecular weight excluding hydrogens is 341 g/mol. The van der Waals surface area contributed by atoms with Gasteiger partial charge in [-0.05, 0) is 31.4 Å². The highest BCUT2D eigenvalue weighted by molar-refractivity contribution is 6.07. The zero-order valence-corrected chi connectivity index (χ0v) is 15.1. The zero-order chi connectivity index (χ0) is 18.6. The number of piperidine rings is 1. The lowest BCUT2D eigenvalue weighted by atomic mass is 10.1. The minimum Gasteiger partial charge on any atom is -0.380 e. The number of anilines is 1. The van der Waals surface area contributed by atoms with Crippen LogP contribution in [-0.2, 0) is 6.54 Å². The van der Waals surface area contributed by atoms with Crippen molar-refractivity contribution in [2.45, 2.75) is 25.8 Å². The first-order valence-corrected chi connectivity index (χ1v) is 9.38. The number of nitrogens with zero attached hydrogens (tertiary/aromatic N) is 2. The molecule has 3 aromatic rings. The highest BCUT2D eigenvalue weighted by Crippen LogP contribution is 2.28. The second-order valence-electron chi connectivity index (χ2n) is 6.86. The Morgan fingerprint density at radius 2 is 1.78 bits per heavy atom. The van der Waals surface area contributed by atoms with E-state index < -0.39 is 0 Å². The van der Waals surface area contributed by atoms with Crippen LogP contribution in [0.1, 0.15) is 35.2 Å². The third-order valence-corrected chi connectivity index (χ3v) is 5.06. The van der Waals surface area contributed by atoms with E-state index in [1.54, 1.807) is 18.3 Å². The number of amides is 1. The first-order valence-electron chi connectivity index (χ1n) is 9.38. The van der Waals surface area contributed by atoms with Crippen LogP contribution in [0.2, 0.25) is 0 Å². The van der Waals surface area contributed by atoms with Crippen molar-refractivity contribution in [3.05, 3.63) is 71.7 Å². The molecule has 0 radical (unpaired) electrons. The van der Waals surface area contributed by atoms with Crippen LogP contribution in [0.15, 0.2) is 54.7 Å². The summed E-state index contributed by atoms with van der Waals surface area (Å²) in [5.74, 6) is -0.267. The van der Waals surface area contributed by atoms with Crippen molar-refractivity contribution >= 4 is 22.5 Å². The van der Waals surface area contributed by atoms with Gasteiger partial charge in [-0.1, -0.05) is 36.4 Å². The van der Waals surface area contributed by atoms with Crippen molar-refractivity contribution in [1.29, 1.82) is 0 Å². The van der Waals surface area contributed by atoms with E-state index >= 15 is 0 Å². The van der Waals surface area contributed by atoms with Crippen molar-refractivity contribution in [1.82, 2.24) is 9.88 Å². The molecule has 0 aliphatic carbocycles. The van der Waals surface area contributed by atoms with Crippen molar-refractivity contribution < 1.29 is 9.18 Å². The Morgan fingerprint density at radius 1 is 1.04 bits per heavy atom. The molecule has 2 aromatic carbocycles. The van der Waals surface area contributed by atoms with Crippen LogP contribution >= 0.6 is 0 Å². The van der Waals surface area contributed by atoms with Crippen LogP contribution in [0.25, 0.3) is 10.9 Å². The maximum absolute atomic E-state index is 14.0. The van der Waals surface area contributed by atoms with Crippen LogP contribution in [0.4, 0.5) is 10.1 Å². The molecule has 1 amide bonds. The van der Waals surface area contributed by atoms with E-state index in [0.29, 0.717) is 17.7 Å². The first-order chi connectivity index (χ1) is 13.2. The smallest absolute Gasteiger partial charge is 0.257 e. The number of benzene rings is 2. The molecular formula is C22H22FN3O. The predicted molar refractivity (Wildman–Crippen MR) is 105 cm³/mol. The summed E-state index contributed by atoms with van der Waals surface area (Å²) in [6.07, 6.45) is 4.87. The molecule has 1 fully saturated rings. The number of hydrogen-bond donors (Lipinski definition) is 1. The van der Waals surface area contributed by atoms with Gasteiger partial charge in [-0.2, -0.15) is 0 Å². The van der Waals surface area contributed by atoms with E-state index in [1.807, 2.05) is 35.2 Å². The summed E-state index contributed by atoms with van der Waals surface area (Å²) in [6.45, 7) is 1.86. The minimum absolute atomic E-state index is 0.0102. The second kappa shape index (κ2) is 7.74. The molecule has 0 unspecified atom stereocenters. The average Bonchev–Trinajstić information content (AvgIpc) is 2.73. The number of rotatable bonds is 4. The van der Waals surface area contributed by atoms with E-state index in [0.717, 1.165) is 48.9 Å². The molecule has 0 atom stereocenters. The summed E-state index contributed by atoms with van der Waals surface area (Å²) in [5.41, 5.74) is 2.64. The Bertz CT molecular complexity index is 967. The molecule has 27 heavy (non-hydrogen) atoms. The van der Waals surface area contributed by atoms with E-state index in [9.17, 15) is 9.18 Å². The number of carbonyl (C=O) groups excluding carboxylic acids is 1. The molecule has 1 aliphatic heterocycles. The van der Waals surface area contributed by atoms with Crippen molar-refractivity contribution in [2.24, 2.45) is 0 Å². The van der Waals surface area contributed by atoms with Crippen LogP contribution in [-0.4, -0.2) is 28.9 Å². The molecule has 0 saturated carbocycles. The fourth-order valence-corrected chi connectivity index (χ4v) is 3.59. The lowest BCUT2D eigenvalue weighted by Crippen LogP contribution is -2.36. The van der Waals surface area contributed by atoms with Gasteiger partial charge in [0, 0.05) is 36.8 Å². The van der Waals surface area contributed by atoms with Gasteiger partial charge >= 0.3 is 0 Å². The normalized spacial score (nSPS) is 14.3. The summed E-state index contributed by atoms with van der Waals surface area (Å²) >= 11 is 0. The number of fused-ring (bicyclic) bond motifs is 1. The van der Waals surface area contributed by atoms with Gasteiger partial charge in [0.15, 0.2) is 0 Å². The molecule has 2 heterocycles. The van der Waals surface area contributed by atoms with Crippen molar-refractivity contribution in [3.8, 4) is 0 Å². The fraction of sp³-hybridized carbons (Fsp3) is 0.273. The third kappa shape index (κ3) is 3.63. The average molecular weight is 363 g/mol. The molecule has 4 nitrogen and oxygen atoms in total. The molecule has 1 aliphatic rings. The minimum atomic E-state index is -0.257. The van der Waals surface area contributed by atoms with Gasteiger partial charge in [0.25, 0.3) is 5.91 Å². The number of likely N-dealkylation sites (tertiary alicyclic amines) is 1. The van der Waals surface area contributed by atoms with Gasteiger partial charge < -0.3 is 10.2 Å². The monoisotopic (exact) mass is 363 g/mol. The summed E-state index contributed by atoms with van der Waals surface area (Å²) in [7, 11) is 0. The maximum atomic E-state index is 14.0. The predicted octanol–water partition coefficient (Wildman–Crippen LogP) is 4.61. The molecule has 4 rings (SSSR count). The van der Waals surface area contributed by atoms with E-state index in [2.05, 4.69) is 10.3 Å². The Kier molecular flexibility index (Phi) is 5.01. The van der Waals surface area contributed by atoms with Gasteiger partial charge in [0.05, 0.1) is 16.8 Å².